The van der Waals surface area contributed by atoms with Crippen molar-refractivity contribution in [3.63, 3.8) is 0 Å². The van der Waals surface area contributed by atoms with E-state index in [9.17, 15) is 14.7 Å². The fraction of sp³-hybridized carbons (Fsp3) is 0.364. The second-order valence-electron chi connectivity index (χ2n) is 7.53. The van der Waals surface area contributed by atoms with Crippen LogP contribution in [-0.4, -0.2) is 40.2 Å². The number of hydrogen-bond donors (Lipinski definition) is 2. The summed E-state index contributed by atoms with van der Waals surface area (Å²) >= 11 is 1.56. The summed E-state index contributed by atoms with van der Waals surface area (Å²) in [4.78, 5) is 34.0. The van der Waals surface area contributed by atoms with Gasteiger partial charge in [-0.2, -0.15) is 0 Å². The molecule has 4 rings (SSSR count). The number of carbonyl (C=O) groups excluding carboxylic acids is 2. The van der Waals surface area contributed by atoms with Gasteiger partial charge in [0, 0.05) is 11.6 Å². The topological polar surface area (TPSA) is 101 Å². The maximum absolute atomic E-state index is 12.7. The van der Waals surface area contributed by atoms with Crippen LogP contribution in [0, 0.1) is 6.92 Å². The average molecular weight is 426 g/mol. The predicted octanol–water partition coefficient (Wildman–Crippen LogP) is 4.06. The van der Waals surface area contributed by atoms with Crippen LogP contribution in [-0.2, 0) is 4.74 Å². The minimum atomic E-state index is -0.542. The maximum atomic E-state index is 12.7. The molecule has 0 radical (unpaired) electrons. The minimum absolute atomic E-state index is 0.224. The van der Waals surface area contributed by atoms with E-state index in [-0.39, 0.29) is 17.4 Å². The monoisotopic (exact) mass is 425 g/mol. The summed E-state index contributed by atoms with van der Waals surface area (Å²) in [6, 6.07) is 8.64. The zero-order chi connectivity index (χ0) is 21.3. The number of hydrogen-bond acceptors (Lipinski definition) is 7. The molecule has 3 aromatic rings. The second kappa shape index (κ2) is 8.49. The van der Waals surface area contributed by atoms with Gasteiger partial charge in [0.15, 0.2) is 0 Å². The lowest BCUT2D eigenvalue weighted by Gasteiger charge is -2.23. The van der Waals surface area contributed by atoms with Crippen LogP contribution in [0.1, 0.15) is 63.1 Å². The number of nitrogens with zero attached hydrogens (tertiary/aromatic N) is 2. The van der Waals surface area contributed by atoms with Crippen LogP contribution in [0.2, 0.25) is 0 Å². The lowest BCUT2D eigenvalue weighted by molar-refractivity contribution is 0.0602. The van der Waals surface area contributed by atoms with Crippen molar-refractivity contribution in [3.8, 4) is 0 Å². The highest BCUT2D eigenvalue weighted by molar-refractivity contribution is 7.18. The van der Waals surface area contributed by atoms with E-state index in [2.05, 4.69) is 10.3 Å². The zero-order valence-electron chi connectivity index (χ0n) is 16.8. The number of benzene rings is 1. The van der Waals surface area contributed by atoms with E-state index in [1.807, 2.05) is 13.0 Å². The maximum Gasteiger partial charge on any atom is 0.340 e. The minimum Gasteiger partial charge on any atom is -0.465 e. The van der Waals surface area contributed by atoms with Gasteiger partial charge in [0.1, 0.15) is 5.69 Å². The van der Waals surface area contributed by atoms with Gasteiger partial charge in [0.05, 0.1) is 39.7 Å². The van der Waals surface area contributed by atoms with Crippen molar-refractivity contribution in [1.29, 1.82) is 0 Å². The molecule has 0 saturated heterocycles. The van der Waals surface area contributed by atoms with Gasteiger partial charge >= 0.3 is 5.97 Å². The number of anilines is 1. The summed E-state index contributed by atoms with van der Waals surface area (Å²) in [5.41, 5.74) is 2.33. The van der Waals surface area contributed by atoms with Crippen LogP contribution in [0.4, 0.5) is 5.69 Å². The molecule has 2 aromatic heterocycles. The third kappa shape index (κ3) is 4.20. The summed E-state index contributed by atoms with van der Waals surface area (Å²) in [5.74, 6) is -0.629. The van der Waals surface area contributed by atoms with E-state index in [4.69, 9.17) is 9.72 Å². The molecule has 1 saturated carbocycles. The molecule has 8 heteroatoms. The standard InChI is InChI=1S/C22H23N3O4S/c1-12-4-3-5-16(23-12)20(27)24-17-11-19-18(10-15(17)22(28)29-2)25-21(30-19)13-6-8-14(26)9-7-13/h3-5,10-11,13-14,26H,6-9H2,1-2H3,(H,24,27). The Morgan fingerprint density at radius 3 is 2.63 bits per heavy atom. The third-order valence-corrected chi connectivity index (χ3v) is 6.55. The number of methoxy groups -OCH3 is 1. The number of aryl methyl sites for hydroxylation is 1. The molecular weight excluding hydrogens is 402 g/mol. The van der Waals surface area contributed by atoms with Gasteiger partial charge in [-0.05, 0) is 56.9 Å². The molecule has 2 N–H and O–H groups in total. The molecule has 0 bridgehead atoms. The van der Waals surface area contributed by atoms with Crippen molar-refractivity contribution in [2.45, 2.75) is 44.6 Å². The van der Waals surface area contributed by atoms with Crippen LogP contribution in [0.3, 0.4) is 0 Å². The molecule has 156 valence electrons. The third-order valence-electron chi connectivity index (χ3n) is 5.36. The van der Waals surface area contributed by atoms with Crippen molar-refractivity contribution in [3.05, 3.63) is 52.3 Å². The molecule has 1 amide bonds. The van der Waals surface area contributed by atoms with Gasteiger partial charge in [-0.15, -0.1) is 11.3 Å². The molecule has 0 aliphatic heterocycles. The first-order chi connectivity index (χ1) is 14.4. The van der Waals surface area contributed by atoms with Crippen molar-refractivity contribution >= 4 is 39.1 Å². The normalized spacial score (nSPS) is 18.9. The highest BCUT2D eigenvalue weighted by Crippen LogP contribution is 2.38. The van der Waals surface area contributed by atoms with Gasteiger partial charge in [-0.3, -0.25) is 4.79 Å². The Hall–Kier alpha value is -2.84. The number of aromatic nitrogens is 2. The van der Waals surface area contributed by atoms with Gasteiger partial charge in [0.25, 0.3) is 5.91 Å². The van der Waals surface area contributed by atoms with Crippen LogP contribution >= 0.6 is 11.3 Å². The van der Waals surface area contributed by atoms with E-state index in [0.717, 1.165) is 41.1 Å². The summed E-state index contributed by atoms with van der Waals surface area (Å²) in [7, 11) is 1.31. The Bertz CT molecular complexity index is 1100. The largest absolute Gasteiger partial charge is 0.465 e. The molecule has 7 nitrogen and oxygen atoms in total. The van der Waals surface area contributed by atoms with E-state index in [1.165, 1.54) is 7.11 Å². The first-order valence-corrected chi connectivity index (χ1v) is 10.7. The quantitative estimate of drug-likeness (QED) is 0.612. The smallest absolute Gasteiger partial charge is 0.340 e. The van der Waals surface area contributed by atoms with E-state index >= 15 is 0 Å². The number of ether oxygens (including phenoxy) is 1. The van der Waals surface area contributed by atoms with E-state index < -0.39 is 11.9 Å². The lowest BCUT2D eigenvalue weighted by atomic mass is 9.88. The van der Waals surface area contributed by atoms with Crippen molar-refractivity contribution in [2.75, 3.05) is 12.4 Å². The lowest BCUT2D eigenvalue weighted by Crippen LogP contribution is -2.17. The summed E-state index contributed by atoms with van der Waals surface area (Å²) in [6.45, 7) is 1.81. The fourth-order valence-electron chi connectivity index (χ4n) is 3.73. The number of thiazole rings is 1. The molecule has 0 atom stereocenters. The first kappa shape index (κ1) is 20.4. The number of fused-ring (bicyclic) bond motifs is 1. The Balaban J connectivity index is 1.68. The molecule has 1 fully saturated rings. The number of esters is 1. The number of amides is 1. The Kier molecular flexibility index (Phi) is 5.78. The van der Waals surface area contributed by atoms with Gasteiger partial charge in [0.2, 0.25) is 0 Å². The number of carbonyl (C=O) groups is 2. The number of aliphatic hydroxyl groups excluding tert-OH is 1. The van der Waals surface area contributed by atoms with E-state index in [0.29, 0.717) is 17.1 Å². The Labute approximate surface area is 178 Å². The van der Waals surface area contributed by atoms with E-state index in [1.54, 1.807) is 35.6 Å². The number of pyridine rings is 1. The first-order valence-electron chi connectivity index (χ1n) is 9.90. The predicted molar refractivity (Wildman–Crippen MR) is 115 cm³/mol. The van der Waals surface area contributed by atoms with Crippen LogP contribution in [0.25, 0.3) is 10.2 Å². The average Bonchev–Trinajstić information content (AvgIpc) is 3.16. The molecule has 0 unspecified atom stereocenters. The Morgan fingerprint density at radius 2 is 1.93 bits per heavy atom. The highest BCUT2D eigenvalue weighted by atomic mass is 32.1. The fourth-order valence-corrected chi connectivity index (χ4v) is 4.88. The second-order valence-corrected chi connectivity index (χ2v) is 8.60. The highest BCUT2D eigenvalue weighted by Gasteiger charge is 2.25. The summed E-state index contributed by atoms with van der Waals surface area (Å²) in [5, 5.41) is 13.6. The number of nitrogens with one attached hydrogen (secondary N) is 1. The molecule has 0 spiro atoms. The van der Waals surface area contributed by atoms with Gasteiger partial charge < -0.3 is 15.2 Å². The zero-order valence-corrected chi connectivity index (χ0v) is 17.7. The molecule has 30 heavy (non-hydrogen) atoms. The van der Waals surface area contributed by atoms with Crippen LogP contribution < -0.4 is 5.32 Å². The summed E-state index contributed by atoms with van der Waals surface area (Å²) < 4.78 is 5.79. The number of rotatable bonds is 4. The molecular formula is C22H23N3O4S. The molecule has 1 aliphatic rings. The van der Waals surface area contributed by atoms with Crippen molar-refractivity contribution in [1.82, 2.24) is 9.97 Å². The molecule has 1 aromatic carbocycles. The number of aliphatic hydroxyl groups is 1. The van der Waals surface area contributed by atoms with Crippen LogP contribution in [0.5, 0.6) is 0 Å². The van der Waals surface area contributed by atoms with Gasteiger partial charge in [-0.1, -0.05) is 6.07 Å². The van der Waals surface area contributed by atoms with Crippen molar-refractivity contribution < 1.29 is 19.4 Å². The van der Waals surface area contributed by atoms with Crippen LogP contribution in [0.15, 0.2) is 30.3 Å². The van der Waals surface area contributed by atoms with Crippen molar-refractivity contribution in [2.24, 2.45) is 0 Å². The SMILES string of the molecule is COC(=O)c1cc2nc(C3CCC(O)CC3)sc2cc1NC(=O)c1cccc(C)n1. The van der Waals surface area contributed by atoms with Gasteiger partial charge in [-0.25, -0.2) is 14.8 Å². The Morgan fingerprint density at radius 1 is 1.17 bits per heavy atom. The summed E-state index contributed by atoms with van der Waals surface area (Å²) in [6.07, 6.45) is 3.12. The molecule has 1 aliphatic carbocycles. The molecule has 2 heterocycles.